The van der Waals surface area contributed by atoms with Crippen molar-refractivity contribution in [2.24, 2.45) is 5.10 Å². The van der Waals surface area contributed by atoms with E-state index >= 15 is 0 Å². The minimum Gasteiger partial charge on any atom is -0.493 e. The molecule has 0 saturated carbocycles. The van der Waals surface area contributed by atoms with Crippen molar-refractivity contribution in [3.05, 3.63) is 53.6 Å². The lowest BCUT2D eigenvalue weighted by Crippen LogP contribution is -2.40. The van der Waals surface area contributed by atoms with Crippen LogP contribution >= 0.6 is 11.8 Å². The summed E-state index contributed by atoms with van der Waals surface area (Å²) in [6.07, 6.45) is 1.14. The highest BCUT2D eigenvalue weighted by Crippen LogP contribution is 2.30. The second kappa shape index (κ2) is 11.6. The van der Waals surface area contributed by atoms with E-state index in [0.717, 1.165) is 29.9 Å². The molecule has 2 N–H and O–H groups in total. The molecule has 0 atom stereocenters. The first-order chi connectivity index (χ1) is 16.9. The van der Waals surface area contributed by atoms with Gasteiger partial charge in [0.2, 0.25) is 5.91 Å². The molecule has 0 spiro atoms. The van der Waals surface area contributed by atoms with Crippen LogP contribution in [0.15, 0.2) is 47.6 Å². The fraction of sp³-hybridized carbons (Fsp3) is 0.400. The van der Waals surface area contributed by atoms with Gasteiger partial charge in [-0.25, -0.2) is 5.01 Å². The Hall–Kier alpha value is -3.08. The highest BCUT2D eigenvalue weighted by atomic mass is 32.2. The summed E-state index contributed by atoms with van der Waals surface area (Å²) in [5, 5.41) is 18.4. The molecule has 1 saturated heterocycles. The Labute approximate surface area is 209 Å². The van der Waals surface area contributed by atoms with Crippen LogP contribution in [0.4, 0.5) is 10.5 Å². The van der Waals surface area contributed by atoms with Crippen LogP contribution in [0.25, 0.3) is 0 Å². The average Bonchev–Trinajstić information content (AvgIpc) is 2.87. The van der Waals surface area contributed by atoms with Crippen molar-refractivity contribution in [3.8, 4) is 11.5 Å². The molecule has 10 heteroatoms. The van der Waals surface area contributed by atoms with E-state index in [4.69, 9.17) is 9.47 Å². The summed E-state index contributed by atoms with van der Waals surface area (Å²) < 4.78 is 10.7. The third kappa shape index (κ3) is 6.53. The topological polar surface area (TPSA) is 104 Å². The highest BCUT2D eigenvalue weighted by Gasteiger charge is 2.23. The molecule has 0 aromatic heterocycles. The zero-order valence-corrected chi connectivity index (χ0v) is 20.7. The minimum atomic E-state index is -0.258. The molecule has 0 bridgehead atoms. The monoisotopic (exact) mass is 498 g/mol. The lowest BCUT2D eigenvalue weighted by Gasteiger charge is -2.28. The van der Waals surface area contributed by atoms with E-state index in [1.807, 2.05) is 47.4 Å². The van der Waals surface area contributed by atoms with Gasteiger partial charge in [-0.2, -0.15) is 5.10 Å². The molecule has 2 aliphatic rings. The maximum atomic E-state index is 12.5. The summed E-state index contributed by atoms with van der Waals surface area (Å²) >= 11 is 1.21. The number of amides is 2. The first kappa shape index (κ1) is 25.0. The standard InChI is InChI=1S/C25H30N4O5S/c1-33-22-8-5-18(13-23(22)34-2)21-16-35-25(32)29(27-21)14-17-3-6-19(7-4-17)26-24(31)15-28-11-9-20(30)10-12-28/h3-8,13,20,30H,9-12,14-16H2,1-2H3,(H,26,31). The van der Waals surface area contributed by atoms with E-state index in [-0.39, 0.29) is 17.3 Å². The van der Waals surface area contributed by atoms with Crippen molar-refractivity contribution < 1.29 is 24.2 Å². The summed E-state index contributed by atoms with van der Waals surface area (Å²) in [5.41, 5.74) is 3.25. The van der Waals surface area contributed by atoms with Crippen LogP contribution in [0.5, 0.6) is 11.5 Å². The quantitative estimate of drug-likeness (QED) is 0.576. The number of carbonyl (C=O) groups excluding carboxylic acids is 2. The maximum Gasteiger partial charge on any atom is 0.302 e. The van der Waals surface area contributed by atoms with Gasteiger partial charge in [0, 0.05) is 30.1 Å². The number of hydrazone groups is 1. The van der Waals surface area contributed by atoms with Crippen LogP contribution in [-0.4, -0.2) is 77.6 Å². The second-order valence-corrected chi connectivity index (χ2v) is 9.41. The summed E-state index contributed by atoms with van der Waals surface area (Å²) in [5.74, 6) is 1.64. The number of ether oxygens (including phenoxy) is 2. The normalized spacial score (nSPS) is 17.2. The second-order valence-electron chi connectivity index (χ2n) is 8.48. The smallest absolute Gasteiger partial charge is 0.302 e. The van der Waals surface area contributed by atoms with Crippen LogP contribution in [0, 0.1) is 0 Å². The Kier molecular flexibility index (Phi) is 8.27. The van der Waals surface area contributed by atoms with Crippen LogP contribution < -0.4 is 14.8 Å². The van der Waals surface area contributed by atoms with Gasteiger partial charge in [0.15, 0.2) is 11.5 Å². The molecule has 2 heterocycles. The predicted octanol–water partition coefficient (Wildman–Crippen LogP) is 3.17. The molecule has 2 aliphatic heterocycles. The van der Waals surface area contributed by atoms with Gasteiger partial charge in [0.1, 0.15) is 0 Å². The van der Waals surface area contributed by atoms with Crippen molar-refractivity contribution in [1.82, 2.24) is 9.91 Å². The number of rotatable bonds is 8. The van der Waals surface area contributed by atoms with E-state index in [1.54, 1.807) is 14.2 Å². The van der Waals surface area contributed by atoms with E-state index in [1.165, 1.54) is 16.8 Å². The number of aliphatic hydroxyl groups is 1. The van der Waals surface area contributed by atoms with Crippen LogP contribution in [0.3, 0.4) is 0 Å². The SMILES string of the molecule is COc1ccc(C2=NN(Cc3ccc(NC(=O)CN4CCC(O)CC4)cc3)C(=O)SC2)cc1OC. The van der Waals surface area contributed by atoms with Crippen molar-refractivity contribution in [3.63, 3.8) is 0 Å². The van der Waals surface area contributed by atoms with Gasteiger partial charge >= 0.3 is 5.24 Å². The van der Waals surface area contributed by atoms with Gasteiger partial charge in [0.05, 0.1) is 39.1 Å². The summed E-state index contributed by atoms with van der Waals surface area (Å²) in [6.45, 7) is 2.08. The molecule has 2 aromatic carbocycles. The van der Waals surface area contributed by atoms with E-state index in [0.29, 0.717) is 48.9 Å². The highest BCUT2D eigenvalue weighted by molar-refractivity contribution is 8.14. The maximum absolute atomic E-state index is 12.5. The summed E-state index contributed by atoms with van der Waals surface area (Å²) in [4.78, 5) is 26.9. The number of methoxy groups -OCH3 is 2. The molecule has 4 rings (SSSR count). The molecule has 2 aromatic rings. The Morgan fingerprint density at radius 3 is 2.51 bits per heavy atom. The number of anilines is 1. The molecule has 9 nitrogen and oxygen atoms in total. The van der Waals surface area contributed by atoms with Gasteiger partial charge in [-0.3, -0.25) is 14.5 Å². The van der Waals surface area contributed by atoms with Crippen LogP contribution in [0.1, 0.15) is 24.0 Å². The summed E-state index contributed by atoms with van der Waals surface area (Å²) in [6, 6.07) is 13.0. The zero-order valence-electron chi connectivity index (χ0n) is 19.9. The third-order valence-corrected chi connectivity index (χ3v) is 6.87. The van der Waals surface area contributed by atoms with Crippen LogP contribution in [-0.2, 0) is 11.3 Å². The lowest BCUT2D eigenvalue weighted by molar-refractivity contribution is -0.117. The number of aliphatic hydroxyl groups excluding tert-OH is 1. The average molecular weight is 499 g/mol. The molecule has 0 unspecified atom stereocenters. The first-order valence-corrected chi connectivity index (χ1v) is 12.5. The molecule has 35 heavy (non-hydrogen) atoms. The molecular weight excluding hydrogens is 468 g/mol. The number of carbonyl (C=O) groups is 2. The predicted molar refractivity (Wildman–Crippen MR) is 136 cm³/mol. The number of likely N-dealkylation sites (tertiary alicyclic amines) is 1. The fourth-order valence-corrected chi connectivity index (χ4v) is 4.76. The van der Waals surface area contributed by atoms with Crippen LogP contribution in [0.2, 0.25) is 0 Å². The first-order valence-electron chi connectivity index (χ1n) is 11.5. The molecule has 1 fully saturated rings. The summed E-state index contributed by atoms with van der Waals surface area (Å²) in [7, 11) is 3.17. The molecule has 2 amide bonds. The van der Waals surface area contributed by atoms with Gasteiger partial charge in [-0.1, -0.05) is 23.9 Å². The number of thioether (sulfide) groups is 1. The lowest BCUT2D eigenvalue weighted by atomic mass is 10.1. The van der Waals surface area contributed by atoms with Crippen molar-refractivity contribution in [2.45, 2.75) is 25.5 Å². The zero-order chi connectivity index (χ0) is 24.8. The molecule has 0 aliphatic carbocycles. The Morgan fingerprint density at radius 1 is 1.11 bits per heavy atom. The van der Waals surface area contributed by atoms with Gasteiger partial charge < -0.3 is 19.9 Å². The van der Waals surface area contributed by atoms with Gasteiger partial charge in [0.25, 0.3) is 0 Å². The Balaban J connectivity index is 1.37. The third-order valence-electron chi connectivity index (χ3n) is 6.00. The number of benzene rings is 2. The minimum absolute atomic E-state index is 0.0825. The number of nitrogens with one attached hydrogen (secondary N) is 1. The van der Waals surface area contributed by atoms with E-state index in [9.17, 15) is 14.7 Å². The van der Waals surface area contributed by atoms with Gasteiger partial charge in [-0.05, 0) is 48.7 Å². The molecular formula is C25H30N4O5S. The van der Waals surface area contributed by atoms with E-state index < -0.39 is 0 Å². The van der Waals surface area contributed by atoms with Crippen molar-refractivity contribution in [2.75, 3.05) is 44.9 Å². The number of nitrogens with zero attached hydrogens (tertiary/aromatic N) is 3. The van der Waals surface area contributed by atoms with E-state index in [2.05, 4.69) is 10.4 Å². The Morgan fingerprint density at radius 2 is 1.83 bits per heavy atom. The fourth-order valence-electron chi connectivity index (χ4n) is 4.02. The molecule has 186 valence electrons. The Bertz CT molecular complexity index is 1080. The largest absolute Gasteiger partial charge is 0.493 e. The van der Waals surface area contributed by atoms with Crippen molar-refractivity contribution in [1.29, 1.82) is 0 Å². The number of hydrogen-bond donors (Lipinski definition) is 2. The van der Waals surface area contributed by atoms with Gasteiger partial charge in [-0.15, -0.1) is 0 Å². The van der Waals surface area contributed by atoms with Crippen molar-refractivity contribution >= 4 is 34.3 Å². The number of hydrogen-bond acceptors (Lipinski definition) is 8. The molecule has 0 radical (unpaired) electrons. The number of piperidine rings is 1.